The number of pyridine rings is 1. The lowest BCUT2D eigenvalue weighted by Gasteiger charge is -2.08. The van der Waals surface area contributed by atoms with Gasteiger partial charge < -0.3 is 10.8 Å². The average molecular weight is 458 g/mol. The Hall–Kier alpha value is -1.93. The minimum absolute atomic E-state index is 0.0369. The number of fused-ring (bicyclic) bond motifs is 1. The maximum absolute atomic E-state index is 9.35. The number of aliphatic hydroxyl groups is 1. The number of rotatable bonds is 7. The molecule has 4 rings (SSSR count). The molecule has 158 valence electrons. The molecule has 3 aromatic heterocycles. The molecule has 0 bridgehead atoms. The molecule has 0 fully saturated rings. The summed E-state index contributed by atoms with van der Waals surface area (Å²) in [6.45, 7) is 6.24. The lowest BCUT2D eigenvalue weighted by molar-refractivity contribution is 0.282. The Morgan fingerprint density at radius 3 is 2.57 bits per heavy atom. The molecule has 1 aromatic carbocycles. The minimum atomic E-state index is 0.0369. The first-order chi connectivity index (χ1) is 14.7. The maximum atomic E-state index is 9.35. The van der Waals surface area contributed by atoms with Gasteiger partial charge in [-0.2, -0.15) is 0 Å². The topological polar surface area (TPSA) is 72.0 Å². The second-order valence-corrected chi connectivity index (χ2v) is 9.69. The van der Waals surface area contributed by atoms with Crippen molar-refractivity contribution in [2.75, 3.05) is 11.5 Å². The number of hydrogen-bond acceptors (Lipinski definition) is 7. The van der Waals surface area contributed by atoms with E-state index in [-0.39, 0.29) is 6.61 Å². The van der Waals surface area contributed by atoms with E-state index in [1.54, 1.807) is 28.9 Å². The predicted octanol–water partition coefficient (Wildman–Crippen LogP) is 7.08. The van der Waals surface area contributed by atoms with E-state index in [0.717, 1.165) is 53.3 Å². The number of thiophene rings is 1. The third kappa shape index (κ3) is 4.86. The summed E-state index contributed by atoms with van der Waals surface area (Å²) in [5, 5.41) is 13.2. The van der Waals surface area contributed by atoms with Gasteiger partial charge in [-0.1, -0.05) is 51.5 Å². The summed E-state index contributed by atoms with van der Waals surface area (Å²) in [6, 6.07) is 10.0. The van der Waals surface area contributed by atoms with Crippen molar-refractivity contribution in [2.24, 2.45) is 0 Å². The van der Waals surface area contributed by atoms with E-state index in [0.29, 0.717) is 0 Å². The molecule has 0 spiro atoms. The van der Waals surface area contributed by atoms with Crippen molar-refractivity contribution in [3.05, 3.63) is 47.5 Å². The molecule has 4 aromatic rings. The van der Waals surface area contributed by atoms with Gasteiger partial charge in [0.15, 0.2) is 0 Å². The lowest BCUT2D eigenvalue weighted by atomic mass is 10.0. The highest BCUT2D eigenvalue weighted by atomic mass is 32.2. The van der Waals surface area contributed by atoms with Gasteiger partial charge in [-0.3, -0.25) is 0 Å². The van der Waals surface area contributed by atoms with E-state index in [1.165, 1.54) is 12.8 Å². The Balaban J connectivity index is 0.00000124. The fraction of sp³-hybridized carbons (Fsp3) is 0.304. The normalized spacial score (nSPS) is 10.8. The van der Waals surface area contributed by atoms with Crippen molar-refractivity contribution < 1.29 is 5.11 Å². The van der Waals surface area contributed by atoms with Gasteiger partial charge in [0.25, 0.3) is 0 Å². The Morgan fingerprint density at radius 2 is 1.93 bits per heavy atom. The van der Waals surface area contributed by atoms with E-state index in [1.807, 2.05) is 55.3 Å². The monoisotopic (exact) mass is 457 g/mol. The van der Waals surface area contributed by atoms with Crippen molar-refractivity contribution in [3.8, 4) is 21.8 Å². The highest BCUT2D eigenvalue weighted by Gasteiger charge is 2.18. The number of benzene rings is 1. The van der Waals surface area contributed by atoms with Crippen LogP contribution >= 0.6 is 34.4 Å². The molecule has 0 saturated carbocycles. The molecule has 30 heavy (non-hydrogen) atoms. The molecule has 0 amide bonds. The first kappa shape index (κ1) is 22.7. The third-order valence-electron chi connectivity index (χ3n) is 4.49. The number of aromatic nitrogens is 2. The van der Waals surface area contributed by atoms with Crippen LogP contribution in [0.1, 0.15) is 39.2 Å². The Labute approximate surface area is 190 Å². The molecule has 7 heteroatoms. The molecule has 0 atom stereocenters. The zero-order chi connectivity index (χ0) is 21.5. The van der Waals surface area contributed by atoms with Crippen molar-refractivity contribution in [3.63, 3.8) is 0 Å². The number of nitrogens with two attached hydrogens (primary N) is 1. The molecule has 0 unspecified atom stereocenters. The predicted molar refractivity (Wildman–Crippen MR) is 133 cm³/mol. The molecule has 0 aliphatic rings. The summed E-state index contributed by atoms with van der Waals surface area (Å²) in [7, 11) is 0. The van der Waals surface area contributed by atoms with E-state index < -0.39 is 0 Å². The largest absolute Gasteiger partial charge is 0.397 e. The summed E-state index contributed by atoms with van der Waals surface area (Å²) in [6.07, 6.45) is 4.15. The summed E-state index contributed by atoms with van der Waals surface area (Å²) in [5.41, 5.74) is 11.3. The van der Waals surface area contributed by atoms with Crippen LogP contribution in [0, 0.1) is 0 Å². The zero-order valence-electron chi connectivity index (χ0n) is 17.5. The van der Waals surface area contributed by atoms with Gasteiger partial charge in [-0.05, 0) is 34.9 Å². The number of thiazole rings is 1. The zero-order valence-corrected chi connectivity index (χ0v) is 20.0. The Bertz CT molecular complexity index is 1070. The Kier molecular flexibility index (Phi) is 8.27. The second-order valence-electron chi connectivity index (χ2n) is 6.43. The number of anilines is 1. The third-order valence-corrected chi connectivity index (χ3v) is 7.76. The molecule has 3 N–H and O–H groups in total. The standard InChI is InChI=1S/C21H21N3OS3.C2H6/c1-2-3-9-27-21-18(22)17-15(14-6-4-13(12-25)5-7-14)11-16(24-20(17)28-21)19-23-8-10-26-19;1-2/h4-8,10-11,25H,2-3,9,12,22H2,1H3;1-2H3. The SMILES string of the molecule is CC.CCCCSc1sc2nc(-c3nccs3)cc(-c3ccc(CO)cc3)c2c1N. The number of unbranched alkanes of at least 4 members (excludes halogenated alkanes) is 1. The minimum Gasteiger partial charge on any atom is -0.397 e. The van der Waals surface area contributed by atoms with Crippen molar-refractivity contribution in [1.82, 2.24) is 9.97 Å². The summed E-state index contributed by atoms with van der Waals surface area (Å²) in [4.78, 5) is 10.3. The average Bonchev–Trinajstić information content (AvgIpc) is 3.44. The van der Waals surface area contributed by atoms with Gasteiger partial charge in [-0.25, -0.2) is 9.97 Å². The lowest BCUT2D eigenvalue weighted by Crippen LogP contribution is -1.91. The highest BCUT2D eigenvalue weighted by molar-refractivity contribution is 8.01. The van der Waals surface area contributed by atoms with E-state index >= 15 is 0 Å². The fourth-order valence-electron chi connectivity index (χ4n) is 2.99. The van der Waals surface area contributed by atoms with Crippen LogP contribution in [0.25, 0.3) is 32.0 Å². The molecule has 0 aliphatic carbocycles. The number of nitrogen functional groups attached to an aromatic ring is 1. The summed E-state index contributed by atoms with van der Waals surface area (Å²) in [5.74, 6) is 1.06. The van der Waals surface area contributed by atoms with E-state index in [9.17, 15) is 5.11 Å². The van der Waals surface area contributed by atoms with Crippen LogP contribution in [-0.2, 0) is 6.61 Å². The summed E-state index contributed by atoms with van der Waals surface area (Å²) >= 11 is 5.07. The number of nitrogens with zero attached hydrogens (tertiary/aromatic N) is 2. The number of hydrogen-bond donors (Lipinski definition) is 2. The van der Waals surface area contributed by atoms with Crippen LogP contribution in [0.15, 0.2) is 46.1 Å². The fourth-order valence-corrected chi connectivity index (χ4v) is 6.04. The van der Waals surface area contributed by atoms with Crippen LogP contribution in [0.3, 0.4) is 0 Å². The van der Waals surface area contributed by atoms with Gasteiger partial charge in [0.05, 0.1) is 16.5 Å². The number of thioether (sulfide) groups is 1. The van der Waals surface area contributed by atoms with Gasteiger partial charge in [0.2, 0.25) is 0 Å². The number of aliphatic hydroxyl groups excluding tert-OH is 1. The van der Waals surface area contributed by atoms with Crippen LogP contribution < -0.4 is 5.73 Å². The first-order valence-electron chi connectivity index (χ1n) is 10.2. The van der Waals surface area contributed by atoms with Gasteiger partial charge >= 0.3 is 0 Å². The van der Waals surface area contributed by atoms with Crippen molar-refractivity contribution in [1.29, 1.82) is 0 Å². The summed E-state index contributed by atoms with van der Waals surface area (Å²) < 4.78 is 1.14. The molecule has 0 saturated heterocycles. The molecular formula is C23H27N3OS3. The second kappa shape index (κ2) is 10.9. The molecule has 4 nitrogen and oxygen atoms in total. The molecular weight excluding hydrogens is 430 g/mol. The van der Waals surface area contributed by atoms with Crippen LogP contribution in [0.2, 0.25) is 0 Å². The first-order valence-corrected chi connectivity index (χ1v) is 12.8. The van der Waals surface area contributed by atoms with Crippen LogP contribution in [-0.4, -0.2) is 20.8 Å². The smallest absolute Gasteiger partial charge is 0.141 e. The van der Waals surface area contributed by atoms with Gasteiger partial charge in [0.1, 0.15) is 15.5 Å². The van der Waals surface area contributed by atoms with E-state index in [2.05, 4.69) is 18.0 Å². The highest BCUT2D eigenvalue weighted by Crippen LogP contribution is 2.45. The Morgan fingerprint density at radius 1 is 1.17 bits per heavy atom. The quantitative estimate of drug-likeness (QED) is 0.229. The van der Waals surface area contributed by atoms with Crippen LogP contribution in [0.5, 0.6) is 0 Å². The molecule has 3 heterocycles. The van der Waals surface area contributed by atoms with Crippen molar-refractivity contribution >= 4 is 50.3 Å². The van der Waals surface area contributed by atoms with Gasteiger partial charge in [-0.15, -0.1) is 34.4 Å². The maximum Gasteiger partial charge on any atom is 0.141 e. The molecule has 0 aliphatic heterocycles. The van der Waals surface area contributed by atoms with Gasteiger partial charge in [0, 0.05) is 17.0 Å². The molecule has 0 radical (unpaired) electrons. The van der Waals surface area contributed by atoms with Crippen molar-refractivity contribution in [2.45, 2.75) is 44.4 Å². The van der Waals surface area contributed by atoms with E-state index in [4.69, 9.17) is 10.7 Å². The van der Waals surface area contributed by atoms with Crippen LogP contribution in [0.4, 0.5) is 5.69 Å².